The van der Waals surface area contributed by atoms with Gasteiger partial charge < -0.3 is 10.6 Å². The molecule has 3 heteroatoms. The summed E-state index contributed by atoms with van der Waals surface area (Å²) in [6.07, 6.45) is 1.77. The number of hydrogen-bond acceptors (Lipinski definition) is 2. The molecular weight excluding hydrogens is 248 g/mol. The summed E-state index contributed by atoms with van der Waals surface area (Å²) in [7, 11) is 0. The topological polar surface area (TPSA) is 41.1 Å². The van der Waals surface area contributed by atoms with Crippen molar-refractivity contribution in [2.24, 2.45) is 0 Å². The highest BCUT2D eigenvalue weighted by atomic mass is 16.2. The third-order valence-corrected chi connectivity index (χ3v) is 3.60. The van der Waals surface area contributed by atoms with Crippen LogP contribution in [0.3, 0.4) is 0 Å². The Kier molecular flexibility index (Phi) is 3.03. The van der Waals surface area contributed by atoms with E-state index in [2.05, 4.69) is 36.6 Å². The van der Waals surface area contributed by atoms with Crippen LogP contribution in [0.4, 0.5) is 11.4 Å². The highest BCUT2D eigenvalue weighted by Crippen LogP contribution is 2.31. The standard InChI is InChI=1S/C17H16N2O/c1-11-7-8-13(9-12(11)2)18-10-15-14-5-3-4-6-16(14)19-17(15)20/h3-10,18H,1-2H3,(H,19,20). The number of aryl methyl sites for hydroxylation is 2. The van der Waals surface area contributed by atoms with Crippen LogP contribution in [0.5, 0.6) is 0 Å². The van der Waals surface area contributed by atoms with Crippen LogP contribution < -0.4 is 10.6 Å². The van der Waals surface area contributed by atoms with Crippen molar-refractivity contribution in [2.45, 2.75) is 13.8 Å². The summed E-state index contributed by atoms with van der Waals surface area (Å²) in [5.74, 6) is -0.0671. The van der Waals surface area contributed by atoms with E-state index in [0.29, 0.717) is 5.57 Å². The fourth-order valence-electron chi connectivity index (χ4n) is 2.27. The third-order valence-electron chi connectivity index (χ3n) is 3.60. The van der Waals surface area contributed by atoms with Crippen LogP contribution >= 0.6 is 0 Å². The van der Waals surface area contributed by atoms with Crippen LogP contribution in [0.15, 0.2) is 48.7 Å². The zero-order chi connectivity index (χ0) is 14.1. The van der Waals surface area contributed by atoms with E-state index in [-0.39, 0.29) is 5.91 Å². The number of rotatable bonds is 2. The highest BCUT2D eigenvalue weighted by Gasteiger charge is 2.23. The Hall–Kier alpha value is -2.55. The second-order valence-electron chi connectivity index (χ2n) is 5.00. The summed E-state index contributed by atoms with van der Waals surface area (Å²) >= 11 is 0. The molecule has 0 saturated carbocycles. The zero-order valence-corrected chi connectivity index (χ0v) is 11.5. The molecule has 0 atom stereocenters. The molecule has 1 aliphatic heterocycles. The molecule has 1 heterocycles. The highest BCUT2D eigenvalue weighted by molar-refractivity contribution is 6.31. The Morgan fingerprint density at radius 3 is 2.65 bits per heavy atom. The van der Waals surface area contributed by atoms with Gasteiger partial charge in [0.15, 0.2) is 0 Å². The summed E-state index contributed by atoms with van der Waals surface area (Å²) in [5.41, 5.74) is 5.94. The summed E-state index contributed by atoms with van der Waals surface area (Å²) in [5, 5.41) is 6.06. The first-order valence-electron chi connectivity index (χ1n) is 6.60. The first-order valence-corrected chi connectivity index (χ1v) is 6.60. The number of nitrogens with one attached hydrogen (secondary N) is 2. The number of para-hydroxylation sites is 1. The van der Waals surface area contributed by atoms with Gasteiger partial charge in [0.05, 0.1) is 5.57 Å². The number of carbonyl (C=O) groups excluding carboxylic acids is 1. The lowest BCUT2D eigenvalue weighted by molar-refractivity contribution is -0.110. The van der Waals surface area contributed by atoms with Crippen LogP contribution in [0.2, 0.25) is 0 Å². The summed E-state index contributed by atoms with van der Waals surface area (Å²) < 4.78 is 0. The summed E-state index contributed by atoms with van der Waals surface area (Å²) in [6, 6.07) is 13.9. The minimum Gasteiger partial charge on any atom is -0.361 e. The maximum Gasteiger partial charge on any atom is 0.257 e. The van der Waals surface area contributed by atoms with Crippen molar-refractivity contribution in [1.29, 1.82) is 0 Å². The fraction of sp³-hybridized carbons (Fsp3) is 0.118. The maximum absolute atomic E-state index is 12.0. The molecule has 100 valence electrons. The first-order chi connectivity index (χ1) is 9.65. The molecule has 0 radical (unpaired) electrons. The lowest BCUT2D eigenvalue weighted by Gasteiger charge is -2.05. The molecule has 0 fully saturated rings. The molecule has 3 rings (SSSR count). The Bertz CT molecular complexity index is 717. The van der Waals surface area contributed by atoms with Gasteiger partial charge in [0.25, 0.3) is 5.91 Å². The van der Waals surface area contributed by atoms with Gasteiger partial charge in [-0.1, -0.05) is 24.3 Å². The van der Waals surface area contributed by atoms with Gasteiger partial charge in [-0.3, -0.25) is 4.79 Å². The maximum atomic E-state index is 12.0. The average molecular weight is 264 g/mol. The van der Waals surface area contributed by atoms with E-state index in [1.54, 1.807) is 6.20 Å². The molecule has 0 unspecified atom stereocenters. The van der Waals surface area contributed by atoms with Crippen molar-refractivity contribution in [2.75, 3.05) is 10.6 Å². The monoisotopic (exact) mass is 264 g/mol. The number of carbonyl (C=O) groups is 1. The number of hydrogen-bond donors (Lipinski definition) is 2. The van der Waals surface area contributed by atoms with Gasteiger partial charge in [0.2, 0.25) is 0 Å². The lowest BCUT2D eigenvalue weighted by atomic mass is 10.1. The van der Waals surface area contributed by atoms with Gasteiger partial charge >= 0.3 is 0 Å². The smallest absolute Gasteiger partial charge is 0.257 e. The lowest BCUT2D eigenvalue weighted by Crippen LogP contribution is -2.05. The molecule has 0 saturated heterocycles. The van der Waals surface area contributed by atoms with E-state index >= 15 is 0 Å². The van der Waals surface area contributed by atoms with E-state index < -0.39 is 0 Å². The minimum absolute atomic E-state index is 0.0671. The van der Waals surface area contributed by atoms with Crippen LogP contribution in [-0.2, 0) is 4.79 Å². The van der Waals surface area contributed by atoms with Crippen molar-refractivity contribution in [1.82, 2.24) is 0 Å². The van der Waals surface area contributed by atoms with E-state index in [1.165, 1.54) is 11.1 Å². The second kappa shape index (κ2) is 4.85. The third kappa shape index (κ3) is 2.18. The molecule has 0 aromatic heterocycles. The quantitative estimate of drug-likeness (QED) is 0.812. The number of anilines is 2. The fourth-order valence-corrected chi connectivity index (χ4v) is 2.27. The van der Waals surface area contributed by atoms with Gasteiger partial charge in [0.1, 0.15) is 0 Å². The molecule has 20 heavy (non-hydrogen) atoms. The Balaban J connectivity index is 1.89. The van der Waals surface area contributed by atoms with Crippen LogP contribution in [0, 0.1) is 13.8 Å². The Morgan fingerprint density at radius 2 is 1.85 bits per heavy atom. The molecule has 1 amide bonds. The predicted molar refractivity (Wildman–Crippen MR) is 82.6 cm³/mol. The van der Waals surface area contributed by atoms with Crippen molar-refractivity contribution < 1.29 is 4.79 Å². The van der Waals surface area contributed by atoms with Crippen LogP contribution in [0.25, 0.3) is 5.57 Å². The second-order valence-corrected chi connectivity index (χ2v) is 5.00. The van der Waals surface area contributed by atoms with E-state index in [0.717, 1.165) is 16.9 Å². The predicted octanol–water partition coefficient (Wildman–Crippen LogP) is 3.71. The molecule has 2 aromatic rings. The van der Waals surface area contributed by atoms with Crippen molar-refractivity contribution in [3.05, 3.63) is 65.4 Å². The SMILES string of the molecule is Cc1ccc(NC=C2C(=O)Nc3ccccc32)cc1C. The van der Waals surface area contributed by atoms with E-state index in [1.807, 2.05) is 30.3 Å². The molecule has 0 aliphatic carbocycles. The van der Waals surface area contributed by atoms with Crippen LogP contribution in [0.1, 0.15) is 16.7 Å². The molecule has 1 aliphatic rings. The summed E-state index contributed by atoms with van der Waals surface area (Å²) in [4.78, 5) is 12.0. The average Bonchev–Trinajstić information content (AvgIpc) is 2.76. The van der Waals surface area contributed by atoms with Crippen LogP contribution in [-0.4, -0.2) is 5.91 Å². The molecular formula is C17H16N2O. The normalized spacial score (nSPS) is 15.1. The van der Waals surface area contributed by atoms with Gasteiger partial charge in [0, 0.05) is 23.1 Å². The van der Waals surface area contributed by atoms with Crippen molar-refractivity contribution in [3.63, 3.8) is 0 Å². The Labute approximate surface area is 118 Å². The van der Waals surface area contributed by atoms with Gasteiger partial charge in [-0.25, -0.2) is 0 Å². The molecule has 0 bridgehead atoms. The number of fused-ring (bicyclic) bond motifs is 1. The largest absolute Gasteiger partial charge is 0.361 e. The first kappa shape index (κ1) is 12.5. The minimum atomic E-state index is -0.0671. The van der Waals surface area contributed by atoms with Gasteiger partial charge in [-0.2, -0.15) is 0 Å². The number of benzene rings is 2. The van der Waals surface area contributed by atoms with E-state index in [9.17, 15) is 4.79 Å². The number of amides is 1. The molecule has 0 spiro atoms. The van der Waals surface area contributed by atoms with E-state index in [4.69, 9.17) is 0 Å². The van der Waals surface area contributed by atoms with Crippen molar-refractivity contribution in [3.8, 4) is 0 Å². The van der Waals surface area contributed by atoms with Gasteiger partial charge in [-0.05, 0) is 43.2 Å². The van der Waals surface area contributed by atoms with Crippen molar-refractivity contribution >= 4 is 22.9 Å². The molecule has 2 aromatic carbocycles. The summed E-state index contributed by atoms with van der Waals surface area (Å²) in [6.45, 7) is 4.16. The zero-order valence-electron chi connectivity index (χ0n) is 11.5. The Morgan fingerprint density at radius 1 is 1.05 bits per heavy atom. The van der Waals surface area contributed by atoms with Gasteiger partial charge in [-0.15, -0.1) is 0 Å². The molecule has 3 nitrogen and oxygen atoms in total. The molecule has 2 N–H and O–H groups in total.